The van der Waals surface area contributed by atoms with E-state index < -0.39 is 5.60 Å². The van der Waals surface area contributed by atoms with Gasteiger partial charge >= 0.3 is 0 Å². The van der Waals surface area contributed by atoms with E-state index in [-0.39, 0.29) is 0 Å². The summed E-state index contributed by atoms with van der Waals surface area (Å²) in [6, 6.07) is 3.64. The van der Waals surface area contributed by atoms with Crippen molar-refractivity contribution in [2.45, 2.75) is 38.2 Å². The summed E-state index contributed by atoms with van der Waals surface area (Å²) >= 11 is 0. The molecule has 0 bridgehead atoms. The van der Waals surface area contributed by atoms with Crippen LogP contribution in [-0.4, -0.2) is 30.5 Å². The molecule has 5 heteroatoms. The molecule has 0 radical (unpaired) electrons. The van der Waals surface area contributed by atoms with Crippen LogP contribution in [0.25, 0.3) is 0 Å². The van der Waals surface area contributed by atoms with Crippen LogP contribution < -0.4 is 20.5 Å². The molecule has 21 heavy (non-hydrogen) atoms. The molecule has 116 valence electrons. The molecular formula is C16H24N2O3. The largest absolute Gasteiger partial charge is 0.486 e. The van der Waals surface area contributed by atoms with Gasteiger partial charge in [-0.25, -0.2) is 0 Å². The first kappa shape index (κ1) is 14.3. The summed E-state index contributed by atoms with van der Waals surface area (Å²) in [5.41, 5.74) is 6.82. The molecule has 2 aliphatic rings. The van der Waals surface area contributed by atoms with Gasteiger partial charge in [0, 0.05) is 18.7 Å². The number of hydrogen-bond donors (Lipinski definition) is 3. The summed E-state index contributed by atoms with van der Waals surface area (Å²) in [6.45, 7) is 3.82. The molecule has 1 heterocycles. The van der Waals surface area contributed by atoms with E-state index in [1.807, 2.05) is 6.07 Å². The minimum Gasteiger partial charge on any atom is -0.486 e. The quantitative estimate of drug-likeness (QED) is 0.746. The van der Waals surface area contributed by atoms with Crippen LogP contribution in [-0.2, 0) is 0 Å². The van der Waals surface area contributed by atoms with Gasteiger partial charge in [0.2, 0.25) is 0 Å². The summed E-state index contributed by atoms with van der Waals surface area (Å²) in [5, 5.41) is 14.0. The van der Waals surface area contributed by atoms with Crippen molar-refractivity contribution in [2.24, 2.45) is 5.92 Å². The number of aliphatic hydroxyl groups is 1. The normalized spacial score (nSPS) is 28.2. The lowest BCUT2D eigenvalue weighted by molar-refractivity contribution is -0.000754. The van der Waals surface area contributed by atoms with E-state index in [4.69, 9.17) is 15.2 Å². The highest BCUT2D eigenvalue weighted by Crippen LogP contribution is 2.38. The van der Waals surface area contributed by atoms with Crippen LogP contribution >= 0.6 is 0 Å². The van der Waals surface area contributed by atoms with Crippen molar-refractivity contribution in [3.05, 3.63) is 12.1 Å². The van der Waals surface area contributed by atoms with E-state index in [0.717, 1.165) is 24.9 Å². The minimum atomic E-state index is -0.642. The maximum atomic E-state index is 10.7. The summed E-state index contributed by atoms with van der Waals surface area (Å²) in [6.07, 6.45) is 3.96. The SMILES string of the molecule is CC1CCCC(O)(CNc2cc3c(cc2N)OCCO3)C1. The maximum Gasteiger partial charge on any atom is 0.163 e. The van der Waals surface area contributed by atoms with Crippen LogP contribution in [0, 0.1) is 5.92 Å². The van der Waals surface area contributed by atoms with Gasteiger partial charge in [0.25, 0.3) is 0 Å². The molecule has 4 N–H and O–H groups in total. The molecule has 2 unspecified atom stereocenters. The van der Waals surface area contributed by atoms with Crippen molar-refractivity contribution in [1.29, 1.82) is 0 Å². The lowest BCUT2D eigenvalue weighted by Crippen LogP contribution is -2.41. The maximum absolute atomic E-state index is 10.7. The molecule has 0 amide bonds. The highest BCUT2D eigenvalue weighted by atomic mass is 16.6. The fourth-order valence-corrected chi connectivity index (χ4v) is 3.31. The van der Waals surface area contributed by atoms with Gasteiger partial charge in [-0.15, -0.1) is 0 Å². The smallest absolute Gasteiger partial charge is 0.163 e. The molecule has 1 aliphatic heterocycles. The second-order valence-corrected chi connectivity index (χ2v) is 6.36. The minimum absolute atomic E-state index is 0.515. The predicted molar refractivity (Wildman–Crippen MR) is 82.9 cm³/mol. The van der Waals surface area contributed by atoms with Gasteiger partial charge in [-0.1, -0.05) is 19.8 Å². The Labute approximate surface area is 125 Å². The fraction of sp³-hybridized carbons (Fsp3) is 0.625. The van der Waals surface area contributed by atoms with Crippen LogP contribution in [0.5, 0.6) is 11.5 Å². The van der Waals surface area contributed by atoms with Crippen LogP contribution in [0.1, 0.15) is 32.6 Å². The standard InChI is InChI=1S/C16H24N2O3/c1-11-3-2-4-16(19,9-11)10-18-13-8-15-14(7-12(13)17)20-5-6-21-15/h7-8,11,18-19H,2-6,9-10,17H2,1H3. The number of nitrogen functional groups attached to an aromatic ring is 1. The molecule has 5 nitrogen and oxygen atoms in total. The van der Waals surface area contributed by atoms with Crippen LogP contribution in [0.15, 0.2) is 12.1 Å². The van der Waals surface area contributed by atoms with Crippen LogP contribution in [0.4, 0.5) is 11.4 Å². The fourth-order valence-electron chi connectivity index (χ4n) is 3.31. The second kappa shape index (κ2) is 5.64. The monoisotopic (exact) mass is 292 g/mol. The number of fused-ring (bicyclic) bond motifs is 1. The van der Waals surface area contributed by atoms with Gasteiger partial charge in [-0.3, -0.25) is 0 Å². The Balaban J connectivity index is 1.70. The van der Waals surface area contributed by atoms with Crippen molar-refractivity contribution in [1.82, 2.24) is 0 Å². The van der Waals surface area contributed by atoms with Crippen molar-refractivity contribution < 1.29 is 14.6 Å². The molecule has 0 saturated heterocycles. The van der Waals surface area contributed by atoms with E-state index in [1.54, 1.807) is 6.07 Å². The number of hydrogen-bond acceptors (Lipinski definition) is 5. The Morgan fingerprint density at radius 2 is 2.05 bits per heavy atom. The Bertz CT molecular complexity index is 520. The topological polar surface area (TPSA) is 76.7 Å². The first-order valence-electron chi connectivity index (χ1n) is 7.71. The Kier molecular flexibility index (Phi) is 3.85. The zero-order valence-corrected chi connectivity index (χ0v) is 12.5. The van der Waals surface area contributed by atoms with E-state index in [1.165, 1.54) is 6.42 Å². The Morgan fingerprint density at radius 3 is 2.76 bits per heavy atom. The number of nitrogens with two attached hydrogens (primary N) is 1. The summed E-state index contributed by atoms with van der Waals surface area (Å²) in [7, 11) is 0. The summed E-state index contributed by atoms with van der Waals surface area (Å²) in [5.74, 6) is 1.97. The summed E-state index contributed by atoms with van der Waals surface area (Å²) < 4.78 is 11.1. The van der Waals surface area contributed by atoms with Crippen molar-refractivity contribution in [3.63, 3.8) is 0 Å². The Morgan fingerprint density at radius 1 is 1.33 bits per heavy atom. The third-order valence-electron chi connectivity index (χ3n) is 4.39. The molecule has 1 aromatic carbocycles. The van der Waals surface area contributed by atoms with Gasteiger partial charge < -0.3 is 25.6 Å². The van der Waals surface area contributed by atoms with Gasteiger partial charge in [0.15, 0.2) is 11.5 Å². The lowest BCUT2D eigenvalue weighted by Gasteiger charge is -2.36. The van der Waals surface area contributed by atoms with Gasteiger partial charge in [-0.2, -0.15) is 0 Å². The van der Waals surface area contributed by atoms with Crippen molar-refractivity contribution in [2.75, 3.05) is 30.8 Å². The number of anilines is 2. The molecule has 1 saturated carbocycles. The molecule has 1 aromatic rings. The number of benzene rings is 1. The molecule has 3 rings (SSSR count). The second-order valence-electron chi connectivity index (χ2n) is 6.36. The van der Waals surface area contributed by atoms with Crippen LogP contribution in [0.3, 0.4) is 0 Å². The highest BCUT2D eigenvalue weighted by molar-refractivity contribution is 5.72. The van der Waals surface area contributed by atoms with Crippen LogP contribution in [0.2, 0.25) is 0 Å². The number of nitrogens with one attached hydrogen (secondary N) is 1. The van der Waals surface area contributed by atoms with Gasteiger partial charge in [0.1, 0.15) is 13.2 Å². The third-order valence-corrected chi connectivity index (χ3v) is 4.39. The number of rotatable bonds is 3. The van der Waals surface area contributed by atoms with E-state index >= 15 is 0 Å². The van der Waals surface area contributed by atoms with Crippen molar-refractivity contribution >= 4 is 11.4 Å². The van der Waals surface area contributed by atoms with Crippen molar-refractivity contribution in [3.8, 4) is 11.5 Å². The van der Waals surface area contributed by atoms with E-state index in [9.17, 15) is 5.11 Å². The predicted octanol–water partition coefficient (Wildman–Crippen LogP) is 2.39. The zero-order chi connectivity index (χ0) is 14.9. The first-order valence-corrected chi connectivity index (χ1v) is 7.71. The highest BCUT2D eigenvalue weighted by Gasteiger charge is 2.32. The summed E-state index contributed by atoms with van der Waals surface area (Å²) in [4.78, 5) is 0. The van der Waals surface area contributed by atoms with E-state index in [2.05, 4.69) is 12.2 Å². The first-order chi connectivity index (χ1) is 10.1. The zero-order valence-electron chi connectivity index (χ0n) is 12.5. The molecule has 2 atom stereocenters. The lowest BCUT2D eigenvalue weighted by atomic mass is 9.79. The van der Waals surface area contributed by atoms with Gasteiger partial charge in [-0.05, 0) is 18.8 Å². The Hall–Kier alpha value is -1.62. The average Bonchev–Trinajstić information content (AvgIpc) is 2.45. The molecular weight excluding hydrogens is 268 g/mol. The molecule has 0 aromatic heterocycles. The van der Waals surface area contributed by atoms with Gasteiger partial charge in [0.05, 0.1) is 17.0 Å². The average molecular weight is 292 g/mol. The molecule has 1 aliphatic carbocycles. The molecule has 1 fully saturated rings. The van der Waals surface area contributed by atoms with E-state index in [0.29, 0.717) is 42.9 Å². The molecule has 0 spiro atoms. The number of ether oxygens (including phenoxy) is 2. The third kappa shape index (κ3) is 3.18.